The third-order valence-corrected chi connectivity index (χ3v) is 7.74. The number of benzene rings is 1. The first-order valence-corrected chi connectivity index (χ1v) is 12.3. The van der Waals surface area contributed by atoms with Crippen LogP contribution in [-0.4, -0.2) is 59.9 Å². The fourth-order valence-electron chi connectivity index (χ4n) is 5.09. The van der Waals surface area contributed by atoms with Gasteiger partial charge < -0.3 is 15.5 Å². The first kappa shape index (κ1) is 25.2. The van der Waals surface area contributed by atoms with E-state index in [4.69, 9.17) is 0 Å². The molecule has 0 aromatic heterocycles. The van der Waals surface area contributed by atoms with Crippen molar-refractivity contribution in [2.75, 3.05) is 26.7 Å². The number of imide groups is 1. The fourth-order valence-corrected chi connectivity index (χ4v) is 5.09. The highest BCUT2D eigenvalue weighted by Crippen LogP contribution is 2.45. The van der Waals surface area contributed by atoms with Crippen molar-refractivity contribution in [1.29, 1.82) is 0 Å². The number of hydrogen-bond donors (Lipinski definition) is 2. The van der Waals surface area contributed by atoms with Crippen LogP contribution < -0.4 is 10.6 Å². The van der Waals surface area contributed by atoms with Gasteiger partial charge in [0.15, 0.2) is 0 Å². The van der Waals surface area contributed by atoms with Gasteiger partial charge in [0.05, 0.1) is 0 Å². The van der Waals surface area contributed by atoms with Crippen LogP contribution in [0.25, 0.3) is 0 Å². The van der Waals surface area contributed by atoms with Crippen molar-refractivity contribution in [3.63, 3.8) is 0 Å². The first-order chi connectivity index (χ1) is 15.7. The average Bonchev–Trinajstić information content (AvgIpc) is 3.01. The van der Waals surface area contributed by atoms with Gasteiger partial charge >= 0.3 is 6.03 Å². The topological polar surface area (TPSA) is 81.8 Å². The van der Waals surface area contributed by atoms with E-state index < -0.39 is 11.6 Å². The van der Waals surface area contributed by atoms with Crippen molar-refractivity contribution in [3.05, 3.63) is 35.9 Å². The molecule has 2 fully saturated rings. The monoisotopic (exact) mass is 456 g/mol. The average molecular weight is 457 g/mol. The molecule has 1 spiro atoms. The molecule has 1 aliphatic carbocycles. The minimum absolute atomic E-state index is 0.212. The van der Waals surface area contributed by atoms with Gasteiger partial charge in [-0.05, 0) is 62.6 Å². The molecule has 7 heteroatoms. The Morgan fingerprint density at radius 3 is 2.52 bits per heavy atom. The molecular weight excluding hydrogens is 416 g/mol. The number of carbonyl (C=O) groups excluding carboxylic acids is 3. The van der Waals surface area contributed by atoms with Gasteiger partial charge in [-0.15, -0.1) is 0 Å². The van der Waals surface area contributed by atoms with Gasteiger partial charge in [-0.2, -0.15) is 0 Å². The van der Waals surface area contributed by atoms with Crippen molar-refractivity contribution in [1.82, 2.24) is 20.4 Å². The molecule has 1 saturated carbocycles. The molecule has 182 valence electrons. The zero-order valence-electron chi connectivity index (χ0n) is 20.7. The number of nitrogens with one attached hydrogen (secondary N) is 2. The lowest BCUT2D eigenvalue weighted by molar-refractivity contribution is -0.136. The van der Waals surface area contributed by atoms with E-state index in [0.717, 1.165) is 43.7 Å². The normalized spacial score (nSPS) is 23.3. The molecule has 1 heterocycles. The summed E-state index contributed by atoms with van der Waals surface area (Å²) in [7, 11) is 2.05. The summed E-state index contributed by atoms with van der Waals surface area (Å²) in [4.78, 5) is 41.4. The van der Waals surface area contributed by atoms with E-state index in [-0.39, 0.29) is 23.8 Å². The molecular formula is C26H40N4O3. The van der Waals surface area contributed by atoms with Gasteiger partial charge in [0.25, 0.3) is 5.91 Å². The molecule has 33 heavy (non-hydrogen) atoms. The third kappa shape index (κ3) is 6.14. The van der Waals surface area contributed by atoms with Gasteiger partial charge in [0, 0.05) is 13.1 Å². The predicted octanol–water partition coefficient (Wildman–Crippen LogP) is 3.54. The lowest BCUT2D eigenvalue weighted by Gasteiger charge is -2.42. The van der Waals surface area contributed by atoms with Crippen molar-refractivity contribution in [2.24, 2.45) is 11.3 Å². The Kier molecular flexibility index (Phi) is 8.16. The molecule has 7 nitrogen and oxygen atoms in total. The highest BCUT2D eigenvalue weighted by atomic mass is 16.2. The Labute approximate surface area is 198 Å². The van der Waals surface area contributed by atoms with Crippen molar-refractivity contribution in [3.8, 4) is 0 Å². The summed E-state index contributed by atoms with van der Waals surface area (Å²) in [6.45, 7) is 8.76. The molecule has 4 amide bonds. The van der Waals surface area contributed by atoms with E-state index in [9.17, 15) is 14.4 Å². The number of amides is 4. The predicted molar refractivity (Wildman–Crippen MR) is 129 cm³/mol. The number of hydrogen-bond acceptors (Lipinski definition) is 4. The Morgan fingerprint density at radius 1 is 1.21 bits per heavy atom. The number of rotatable bonds is 10. The van der Waals surface area contributed by atoms with Crippen LogP contribution in [0.5, 0.6) is 0 Å². The molecule has 1 aromatic carbocycles. The second-order valence-electron chi connectivity index (χ2n) is 10.4. The maximum atomic E-state index is 13.1. The molecule has 3 rings (SSSR count). The molecule has 2 N–H and O–H groups in total. The summed E-state index contributed by atoms with van der Waals surface area (Å²) in [6, 6.07) is 9.82. The van der Waals surface area contributed by atoms with Crippen LogP contribution in [0.1, 0.15) is 64.9 Å². The summed E-state index contributed by atoms with van der Waals surface area (Å²) in [5.41, 5.74) is 0.670. The molecule has 1 aromatic rings. The first-order valence-electron chi connectivity index (χ1n) is 12.3. The highest BCUT2D eigenvalue weighted by Gasteiger charge is 2.53. The lowest BCUT2D eigenvalue weighted by Crippen LogP contribution is -2.51. The van der Waals surface area contributed by atoms with E-state index >= 15 is 0 Å². The number of urea groups is 1. The Bertz CT molecular complexity index is 831. The van der Waals surface area contributed by atoms with Crippen LogP contribution >= 0.6 is 0 Å². The van der Waals surface area contributed by atoms with Gasteiger partial charge in [-0.3, -0.25) is 14.5 Å². The number of carbonyl (C=O) groups is 3. The second kappa shape index (κ2) is 10.7. The van der Waals surface area contributed by atoms with Crippen molar-refractivity contribution >= 4 is 17.8 Å². The smallest absolute Gasteiger partial charge is 0.325 e. The molecule has 1 aliphatic heterocycles. The van der Waals surface area contributed by atoms with Crippen LogP contribution in [0.3, 0.4) is 0 Å². The van der Waals surface area contributed by atoms with Gasteiger partial charge in [-0.1, -0.05) is 57.5 Å². The van der Waals surface area contributed by atoms with Crippen LogP contribution in [0.4, 0.5) is 4.79 Å². The van der Waals surface area contributed by atoms with Gasteiger partial charge in [0.1, 0.15) is 12.1 Å². The van der Waals surface area contributed by atoms with Crippen LogP contribution in [-0.2, 0) is 16.1 Å². The van der Waals surface area contributed by atoms with E-state index in [0.29, 0.717) is 25.3 Å². The van der Waals surface area contributed by atoms with Crippen LogP contribution in [0.15, 0.2) is 30.3 Å². The molecule has 2 aliphatic rings. The Morgan fingerprint density at radius 2 is 1.88 bits per heavy atom. The maximum absolute atomic E-state index is 13.1. The fraction of sp³-hybridized carbons (Fsp3) is 0.654. The molecule has 0 atom stereocenters. The second-order valence-corrected chi connectivity index (χ2v) is 10.4. The quantitative estimate of drug-likeness (QED) is 0.417. The van der Waals surface area contributed by atoms with Crippen LogP contribution in [0, 0.1) is 11.3 Å². The summed E-state index contributed by atoms with van der Waals surface area (Å²) in [5, 5.41) is 5.78. The minimum Gasteiger partial charge on any atom is -0.354 e. The molecule has 0 bridgehead atoms. The van der Waals surface area contributed by atoms with Crippen molar-refractivity contribution < 1.29 is 14.4 Å². The van der Waals surface area contributed by atoms with Gasteiger partial charge in [0.2, 0.25) is 5.91 Å². The largest absolute Gasteiger partial charge is 0.354 e. The standard InChI is InChI=1S/C26H40N4O3/c1-5-25(2,3)21-12-14-26(15-13-21)23(32)30(24(33)28-26)19-22(31)27-16-9-17-29(4)18-20-10-7-6-8-11-20/h6-8,10-11,21H,5,9,12-19H2,1-4H3,(H,27,31)(H,28,33). The van der Waals surface area contributed by atoms with E-state index in [1.165, 1.54) is 5.56 Å². The Hall–Kier alpha value is -2.41. The zero-order valence-corrected chi connectivity index (χ0v) is 20.7. The van der Waals surface area contributed by atoms with Crippen molar-refractivity contribution in [2.45, 2.75) is 71.4 Å². The lowest BCUT2D eigenvalue weighted by atomic mass is 9.65. The third-order valence-electron chi connectivity index (χ3n) is 7.74. The van der Waals surface area contributed by atoms with E-state index in [2.05, 4.69) is 55.5 Å². The summed E-state index contributed by atoms with van der Waals surface area (Å²) in [6.07, 6.45) is 5.04. The zero-order chi connectivity index (χ0) is 24.1. The molecule has 0 radical (unpaired) electrons. The van der Waals surface area contributed by atoms with Gasteiger partial charge in [-0.25, -0.2) is 4.79 Å². The van der Waals surface area contributed by atoms with E-state index in [1.807, 2.05) is 18.2 Å². The molecule has 0 unspecified atom stereocenters. The highest BCUT2D eigenvalue weighted by molar-refractivity contribution is 6.09. The van der Waals surface area contributed by atoms with Crippen LogP contribution in [0.2, 0.25) is 0 Å². The SMILES string of the molecule is CCC(C)(C)C1CCC2(CC1)NC(=O)N(CC(=O)NCCCN(C)Cc1ccccc1)C2=O. The Balaban J connectivity index is 1.41. The molecule has 1 saturated heterocycles. The maximum Gasteiger partial charge on any atom is 0.325 e. The summed E-state index contributed by atoms with van der Waals surface area (Å²) < 4.78 is 0. The summed E-state index contributed by atoms with van der Waals surface area (Å²) >= 11 is 0. The van der Waals surface area contributed by atoms with E-state index in [1.54, 1.807) is 0 Å². The number of nitrogens with zero attached hydrogens (tertiary/aromatic N) is 2. The summed E-state index contributed by atoms with van der Waals surface area (Å²) in [5.74, 6) is 0.0234. The minimum atomic E-state index is -0.822.